The Hall–Kier alpha value is -2.03. The van der Waals surface area contributed by atoms with Crippen LogP contribution in [0.2, 0.25) is 0 Å². The van der Waals surface area contributed by atoms with Gasteiger partial charge in [-0.3, -0.25) is 15.6 Å². The van der Waals surface area contributed by atoms with Gasteiger partial charge in [0.05, 0.1) is 5.92 Å². The first-order chi connectivity index (χ1) is 10.7. The molecule has 0 bridgehead atoms. The van der Waals surface area contributed by atoms with Crippen LogP contribution in [0.25, 0.3) is 0 Å². The Labute approximate surface area is 127 Å². The summed E-state index contributed by atoms with van der Waals surface area (Å²) >= 11 is 0. The van der Waals surface area contributed by atoms with Crippen LogP contribution in [0.1, 0.15) is 0 Å². The molecule has 8 nitrogen and oxygen atoms in total. The zero-order valence-electron chi connectivity index (χ0n) is 12.0. The van der Waals surface area contributed by atoms with E-state index in [0.717, 1.165) is 0 Å². The van der Waals surface area contributed by atoms with Crippen LogP contribution in [-0.2, 0) is 4.79 Å². The second-order valence-corrected chi connectivity index (χ2v) is 5.18. The van der Waals surface area contributed by atoms with Gasteiger partial charge in [-0.2, -0.15) is 0 Å². The minimum Gasteiger partial charge on any atom is -0.491 e. The molecule has 1 aromatic rings. The monoisotopic (exact) mass is 309 g/mol. The lowest BCUT2D eigenvalue weighted by Gasteiger charge is -2.15. The molecule has 1 aromatic carbocycles. The van der Waals surface area contributed by atoms with Gasteiger partial charge in [0.25, 0.3) is 0 Å². The summed E-state index contributed by atoms with van der Waals surface area (Å²) in [6, 6.07) is 5.21. The highest BCUT2D eigenvalue weighted by atomic mass is 16.7. The largest absolute Gasteiger partial charge is 0.491 e. The van der Waals surface area contributed by atoms with Crippen molar-refractivity contribution in [2.45, 2.75) is 6.10 Å². The molecule has 120 valence electrons. The Kier molecular flexibility index (Phi) is 4.62. The van der Waals surface area contributed by atoms with E-state index in [1.807, 2.05) is 0 Å². The topological polar surface area (TPSA) is 101 Å². The lowest BCUT2D eigenvalue weighted by atomic mass is 10.1. The molecule has 0 aromatic heterocycles. The van der Waals surface area contributed by atoms with Gasteiger partial charge in [-0.25, -0.2) is 0 Å². The van der Waals surface area contributed by atoms with E-state index in [1.165, 1.54) is 0 Å². The fourth-order valence-electron chi connectivity index (χ4n) is 2.23. The maximum atomic E-state index is 11.8. The number of ether oxygens (including phenoxy) is 3. The number of aliphatic hydroxyl groups excluding tert-OH is 1. The summed E-state index contributed by atoms with van der Waals surface area (Å²) in [5, 5.41) is 12.6. The van der Waals surface area contributed by atoms with E-state index in [9.17, 15) is 9.90 Å². The third kappa shape index (κ3) is 3.59. The van der Waals surface area contributed by atoms with Crippen molar-refractivity contribution in [1.29, 1.82) is 0 Å². The average molecular weight is 309 g/mol. The molecule has 3 rings (SSSR count). The number of aliphatic hydroxyl groups is 1. The molecule has 8 heteroatoms. The minimum atomic E-state index is -0.781. The van der Waals surface area contributed by atoms with Crippen molar-refractivity contribution in [2.75, 3.05) is 33.0 Å². The fourth-order valence-corrected chi connectivity index (χ4v) is 2.23. The van der Waals surface area contributed by atoms with Crippen molar-refractivity contribution in [3.8, 4) is 17.2 Å². The number of hydrogen-bond donors (Lipinski definition) is 4. The van der Waals surface area contributed by atoms with Gasteiger partial charge in [0.1, 0.15) is 18.5 Å². The smallest absolute Gasteiger partial charge is 0.231 e. The van der Waals surface area contributed by atoms with Gasteiger partial charge in [-0.05, 0) is 12.1 Å². The molecule has 1 atom stereocenters. The second kappa shape index (κ2) is 6.82. The van der Waals surface area contributed by atoms with Gasteiger partial charge in [-0.15, -0.1) is 0 Å². The number of fused-ring (bicyclic) bond motifs is 1. The Morgan fingerprint density at radius 1 is 1.36 bits per heavy atom. The molecule has 0 radical (unpaired) electrons. The number of benzene rings is 1. The maximum Gasteiger partial charge on any atom is 0.231 e. The summed E-state index contributed by atoms with van der Waals surface area (Å²) in [5.41, 5.74) is 5.78. The number of hydrogen-bond acceptors (Lipinski definition) is 7. The Morgan fingerprint density at radius 3 is 2.95 bits per heavy atom. The normalized spacial score (nSPS) is 18.2. The standard InChI is InChI=1S/C14H19N3O5/c18-10(6-15-14(19)9-4-16-17-5-9)7-20-11-1-2-12-13(3-11)22-8-21-12/h1-3,9-10,16-18H,4-8H2,(H,15,19). The molecule has 0 saturated carbocycles. The van der Waals surface area contributed by atoms with Crippen molar-refractivity contribution in [1.82, 2.24) is 16.2 Å². The van der Waals surface area contributed by atoms with Gasteiger partial charge < -0.3 is 24.6 Å². The van der Waals surface area contributed by atoms with E-state index >= 15 is 0 Å². The first-order valence-electron chi connectivity index (χ1n) is 7.16. The molecular formula is C14H19N3O5. The zero-order chi connectivity index (χ0) is 15.4. The quantitative estimate of drug-likeness (QED) is 0.534. The highest BCUT2D eigenvalue weighted by Gasteiger charge is 2.22. The van der Waals surface area contributed by atoms with E-state index in [2.05, 4.69) is 16.2 Å². The first kappa shape index (κ1) is 14.9. The van der Waals surface area contributed by atoms with Gasteiger partial charge in [-0.1, -0.05) is 0 Å². The van der Waals surface area contributed by atoms with Crippen molar-refractivity contribution in [2.24, 2.45) is 5.92 Å². The Morgan fingerprint density at radius 2 is 2.14 bits per heavy atom. The molecule has 1 saturated heterocycles. The highest BCUT2D eigenvalue weighted by Crippen LogP contribution is 2.35. The summed E-state index contributed by atoms with van der Waals surface area (Å²) in [5.74, 6) is 1.70. The summed E-state index contributed by atoms with van der Waals surface area (Å²) < 4.78 is 15.9. The van der Waals surface area contributed by atoms with Crippen LogP contribution in [0.4, 0.5) is 0 Å². The molecule has 0 aliphatic carbocycles. The number of carbonyl (C=O) groups excluding carboxylic acids is 1. The van der Waals surface area contributed by atoms with Crippen LogP contribution >= 0.6 is 0 Å². The van der Waals surface area contributed by atoms with Gasteiger partial charge in [0, 0.05) is 25.7 Å². The predicted octanol–water partition coefficient (Wildman–Crippen LogP) is -1.00. The molecule has 1 amide bonds. The Balaban J connectivity index is 1.40. The number of hydrazine groups is 1. The third-order valence-corrected chi connectivity index (χ3v) is 3.49. The maximum absolute atomic E-state index is 11.8. The van der Waals surface area contributed by atoms with Crippen LogP contribution in [0.15, 0.2) is 18.2 Å². The first-order valence-corrected chi connectivity index (χ1v) is 7.16. The predicted molar refractivity (Wildman–Crippen MR) is 76.6 cm³/mol. The lowest BCUT2D eigenvalue weighted by molar-refractivity contribution is -0.124. The lowest BCUT2D eigenvalue weighted by Crippen LogP contribution is -2.39. The van der Waals surface area contributed by atoms with Crippen molar-refractivity contribution in [3.05, 3.63) is 18.2 Å². The Bertz CT molecular complexity index is 533. The average Bonchev–Trinajstić information content (AvgIpc) is 3.20. The highest BCUT2D eigenvalue weighted by molar-refractivity contribution is 5.79. The fraction of sp³-hybridized carbons (Fsp3) is 0.500. The van der Waals surface area contributed by atoms with Crippen LogP contribution in [0, 0.1) is 5.92 Å². The van der Waals surface area contributed by atoms with Gasteiger partial charge in [0.2, 0.25) is 12.7 Å². The van der Waals surface area contributed by atoms with E-state index in [1.54, 1.807) is 18.2 Å². The molecule has 0 spiro atoms. The van der Waals surface area contributed by atoms with Crippen molar-refractivity contribution in [3.63, 3.8) is 0 Å². The molecule has 2 aliphatic rings. The number of carbonyl (C=O) groups is 1. The van der Waals surface area contributed by atoms with Crippen LogP contribution in [0.3, 0.4) is 0 Å². The van der Waals surface area contributed by atoms with Crippen LogP contribution < -0.4 is 30.4 Å². The summed E-state index contributed by atoms with van der Waals surface area (Å²) in [4.78, 5) is 11.8. The van der Waals surface area contributed by atoms with Crippen molar-refractivity contribution < 1.29 is 24.1 Å². The molecule has 1 unspecified atom stereocenters. The summed E-state index contributed by atoms with van der Waals surface area (Å²) in [6.45, 7) is 1.63. The third-order valence-electron chi connectivity index (χ3n) is 3.49. The van der Waals surface area contributed by atoms with E-state index < -0.39 is 6.10 Å². The number of nitrogens with one attached hydrogen (secondary N) is 3. The minimum absolute atomic E-state index is 0.0837. The molecule has 22 heavy (non-hydrogen) atoms. The van der Waals surface area contributed by atoms with Crippen LogP contribution in [0.5, 0.6) is 17.2 Å². The summed E-state index contributed by atoms with van der Waals surface area (Å²) in [6.07, 6.45) is -0.781. The van der Waals surface area contributed by atoms with E-state index in [4.69, 9.17) is 14.2 Å². The molecule has 2 aliphatic heterocycles. The molecule has 2 heterocycles. The summed E-state index contributed by atoms with van der Waals surface area (Å²) in [7, 11) is 0. The number of amides is 1. The van der Waals surface area contributed by atoms with E-state index in [0.29, 0.717) is 30.3 Å². The van der Waals surface area contributed by atoms with Crippen LogP contribution in [-0.4, -0.2) is 50.2 Å². The molecular weight excluding hydrogens is 290 g/mol. The zero-order valence-corrected chi connectivity index (χ0v) is 12.0. The number of rotatable bonds is 6. The second-order valence-electron chi connectivity index (χ2n) is 5.18. The molecule has 1 fully saturated rings. The van der Waals surface area contributed by atoms with Gasteiger partial charge in [0.15, 0.2) is 11.5 Å². The van der Waals surface area contributed by atoms with Crippen molar-refractivity contribution >= 4 is 5.91 Å². The SMILES string of the molecule is O=C(NCC(O)COc1ccc2c(c1)OCO2)C1CNNC1. The van der Waals surface area contributed by atoms with E-state index in [-0.39, 0.29) is 31.8 Å². The van der Waals surface area contributed by atoms with Gasteiger partial charge >= 0.3 is 0 Å². The molecule has 4 N–H and O–H groups in total.